The molecule has 1 aromatic rings. The van der Waals surface area contributed by atoms with Crippen molar-refractivity contribution in [1.29, 1.82) is 0 Å². The van der Waals surface area contributed by atoms with Gasteiger partial charge in [-0.25, -0.2) is 4.79 Å². The van der Waals surface area contributed by atoms with Crippen LogP contribution in [0.2, 0.25) is 0 Å². The van der Waals surface area contributed by atoms with Gasteiger partial charge in [0.1, 0.15) is 5.75 Å². The van der Waals surface area contributed by atoms with Gasteiger partial charge in [-0.05, 0) is 36.3 Å². The molecule has 15 heavy (non-hydrogen) atoms. The van der Waals surface area contributed by atoms with Gasteiger partial charge >= 0.3 is 5.97 Å². The number of ether oxygens (including phenoxy) is 1. The van der Waals surface area contributed by atoms with Gasteiger partial charge in [0.2, 0.25) is 0 Å². The second-order valence-electron chi connectivity index (χ2n) is 3.06. The molecule has 0 bridgehead atoms. The molecule has 1 rings (SSSR count). The summed E-state index contributed by atoms with van der Waals surface area (Å²) >= 11 is 3.87. The number of thiol groups is 1. The molecule has 1 N–H and O–H groups in total. The number of hydrogen-bond donors (Lipinski definition) is 2. The Morgan fingerprint density at radius 3 is 2.73 bits per heavy atom. The first kappa shape index (κ1) is 11.7. The van der Waals surface area contributed by atoms with Crippen molar-refractivity contribution < 1.29 is 14.6 Å². The molecule has 0 unspecified atom stereocenters. The van der Waals surface area contributed by atoms with Crippen LogP contribution < -0.4 is 4.74 Å². The van der Waals surface area contributed by atoms with Crippen LogP contribution in [0.15, 0.2) is 23.1 Å². The van der Waals surface area contributed by atoms with E-state index in [4.69, 9.17) is 9.84 Å². The lowest BCUT2D eigenvalue weighted by molar-refractivity contribution is -0.131. The molecule has 4 heteroatoms. The van der Waals surface area contributed by atoms with E-state index in [-0.39, 0.29) is 4.91 Å². The Balaban J connectivity index is 3.13. The van der Waals surface area contributed by atoms with Crippen molar-refractivity contribution >= 4 is 24.7 Å². The SMILES string of the molecule is COc1ccc(C)c(/C=C(\S)C(=O)O)c1. The Labute approximate surface area is 93.8 Å². The number of aryl methyl sites for hydroxylation is 1. The number of carbonyl (C=O) groups is 1. The summed E-state index contributed by atoms with van der Waals surface area (Å²) in [5.74, 6) is -0.348. The van der Waals surface area contributed by atoms with Crippen LogP contribution >= 0.6 is 12.6 Å². The van der Waals surface area contributed by atoms with E-state index in [9.17, 15) is 4.79 Å². The molecule has 0 saturated heterocycles. The number of carboxylic acids is 1. The van der Waals surface area contributed by atoms with Gasteiger partial charge in [-0.3, -0.25) is 0 Å². The fourth-order valence-corrected chi connectivity index (χ4v) is 1.25. The minimum atomic E-state index is -1.04. The summed E-state index contributed by atoms with van der Waals surface area (Å²) in [6.45, 7) is 1.90. The van der Waals surface area contributed by atoms with Gasteiger partial charge in [0.05, 0.1) is 12.0 Å². The molecule has 0 spiro atoms. The Kier molecular flexibility index (Phi) is 3.80. The van der Waals surface area contributed by atoms with E-state index >= 15 is 0 Å². The third-order valence-corrected chi connectivity index (χ3v) is 2.32. The predicted octanol–water partition coefficient (Wildman–Crippen LogP) is 2.36. The molecule has 0 amide bonds. The van der Waals surface area contributed by atoms with Crippen LogP contribution in [0.25, 0.3) is 6.08 Å². The summed E-state index contributed by atoms with van der Waals surface area (Å²) in [5, 5.41) is 8.68. The lowest BCUT2D eigenvalue weighted by Crippen LogP contribution is -1.94. The molecule has 80 valence electrons. The van der Waals surface area contributed by atoms with Crippen LogP contribution in [0.5, 0.6) is 5.75 Å². The average Bonchev–Trinajstić information content (AvgIpc) is 2.21. The van der Waals surface area contributed by atoms with Crippen LogP contribution in [0, 0.1) is 6.92 Å². The van der Waals surface area contributed by atoms with E-state index in [0.717, 1.165) is 11.1 Å². The van der Waals surface area contributed by atoms with Crippen molar-refractivity contribution in [3.63, 3.8) is 0 Å². The molecular weight excluding hydrogens is 212 g/mol. The zero-order valence-electron chi connectivity index (χ0n) is 8.52. The van der Waals surface area contributed by atoms with Crippen LogP contribution in [0.4, 0.5) is 0 Å². The highest BCUT2D eigenvalue weighted by atomic mass is 32.1. The first-order valence-electron chi connectivity index (χ1n) is 4.33. The summed E-state index contributed by atoms with van der Waals surface area (Å²) in [4.78, 5) is 10.6. The summed E-state index contributed by atoms with van der Waals surface area (Å²) in [5.41, 5.74) is 1.77. The average molecular weight is 224 g/mol. The van der Waals surface area contributed by atoms with Gasteiger partial charge in [0.25, 0.3) is 0 Å². The maximum atomic E-state index is 10.6. The number of rotatable bonds is 3. The highest BCUT2D eigenvalue weighted by Gasteiger charge is 2.03. The summed E-state index contributed by atoms with van der Waals surface area (Å²) in [6.07, 6.45) is 1.50. The molecule has 0 fully saturated rings. The van der Waals surface area contributed by atoms with Gasteiger partial charge in [-0.15, -0.1) is 12.6 Å². The molecule has 0 heterocycles. The molecule has 1 aromatic carbocycles. The van der Waals surface area contributed by atoms with Crippen molar-refractivity contribution in [2.75, 3.05) is 7.11 Å². The van der Waals surface area contributed by atoms with Gasteiger partial charge in [0, 0.05) is 0 Å². The van der Waals surface area contributed by atoms with E-state index in [1.54, 1.807) is 13.2 Å². The number of hydrogen-bond acceptors (Lipinski definition) is 3. The topological polar surface area (TPSA) is 46.5 Å². The van der Waals surface area contributed by atoms with Crippen molar-refractivity contribution in [2.24, 2.45) is 0 Å². The summed E-state index contributed by atoms with van der Waals surface area (Å²) in [7, 11) is 1.57. The smallest absolute Gasteiger partial charge is 0.341 e. The summed E-state index contributed by atoms with van der Waals surface area (Å²) < 4.78 is 5.05. The lowest BCUT2D eigenvalue weighted by atomic mass is 10.1. The Morgan fingerprint density at radius 1 is 1.53 bits per heavy atom. The molecule has 0 aliphatic rings. The molecular formula is C11H12O3S. The van der Waals surface area contributed by atoms with Crippen molar-refractivity contribution in [2.45, 2.75) is 6.92 Å². The third-order valence-electron chi connectivity index (χ3n) is 2.00. The van der Waals surface area contributed by atoms with Crippen molar-refractivity contribution in [1.82, 2.24) is 0 Å². The van der Waals surface area contributed by atoms with Crippen molar-refractivity contribution in [3.05, 3.63) is 34.2 Å². The highest BCUT2D eigenvalue weighted by Crippen LogP contribution is 2.20. The molecule has 0 radical (unpaired) electrons. The van der Waals surface area contributed by atoms with Gasteiger partial charge in [0.15, 0.2) is 0 Å². The first-order valence-corrected chi connectivity index (χ1v) is 4.78. The first-order chi connectivity index (χ1) is 7.04. The molecule has 0 aliphatic heterocycles. The highest BCUT2D eigenvalue weighted by molar-refractivity contribution is 7.85. The number of carboxylic acid groups (broad SMARTS) is 1. The maximum Gasteiger partial charge on any atom is 0.341 e. The fraction of sp³-hybridized carbons (Fsp3) is 0.182. The normalized spacial score (nSPS) is 11.3. The second-order valence-corrected chi connectivity index (χ2v) is 3.54. The zero-order valence-corrected chi connectivity index (χ0v) is 9.41. The molecule has 0 atom stereocenters. The van der Waals surface area contributed by atoms with E-state index in [0.29, 0.717) is 5.75 Å². The fourth-order valence-electron chi connectivity index (χ4n) is 1.11. The largest absolute Gasteiger partial charge is 0.497 e. The van der Waals surface area contributed by atoms with E-state index < -0.39 is 5.97 Å². The van der Waals surface area contributed by atoms with Crippen molar-refractivity contribution in [3.8, 4) is 5.75 Å². The standard InChI is InChI=1S/C11H12O3S/c1-7-3-4-9(14-2)5-8(7)6-10(15)11(12)13/h3-6,15H,1-2H3,(H,12,13)/b10-6-. The number of benzene rings is 1. The predicted molar refractivity (Wildman–Crippen MR) is 62.3 cm³/mol. The zero-order chi connectivity index (χ0) is 11.4. The minimum Gasteiger partial charge on any atom is -0.497 e. The summed E-state index contributed by atoms with van der Waals surface area (Å²) in [6, 6.07) is 5.47. The molecule has 0 aliphatic carbocycles. The third kappa shape index (κ3) is 3.02. The van der Waals surface area contributed by atoms with Crippen LogP contribution in [0.1, 0.15) is 11.1 Å². The van der Waals surface area contributed by atoms with Crippen LogP contribution in [-0.4, -0.2) is 18.2 Å². The van der Waals surface area contributed by atoms with E-state index in [1.165, 1.54) is 6.08 Å². The monoisotopic (exact) mass is 224 g/mol. The van der Waals surface area contributed by atoms with Crippen LogP contribution in [-0.2, 0) is 4.79 Å². The molecule has 0 aromatic heterocycles. The van der Waals surface area contributed by atoms with E-state index in [1.807, 2.05) is 19.1 Å². The van der Waals surface area contributed by atoms with Gasteiger partial charge in [-0.2, -0.15) is 0 Å². The quantitative estimate of drug-likeness (QED) is 0.612. The number of methoxy groups -OCH3 is 1. The Bertz CT molecular complexity index is 410. The maximum absolute atomic E-state index is 10.6. The molecule has 3 nitrogen and oxygen atoms in total. The Morgan fingerprint density at radius 2 is 2.20 bits per heavy atom. The Hall–Kier alpha value is -1.42. The molecule has 0 saturated carbocycles. The van der Waals surface area contributed by atoms with Gasteiger partial charge < -0.3 is 9.84 Å². The number of aliphatic carboxylic acids is 1. The van der Waals surface area contributed by atoms with Crippen LogP contribution in [0.3, 0.4) is 0 Å². The minimum absolute atomic E-state index is 0.00588. The lowest BCUT2D eigenvalue weighted by Gasteiger charge is -2.04. The van der Waals surface area contributed by atoms with Gasteiger partial charge in [-0.1, -0.05) is 6.07 Å². The van der Waals surface area contributed by atoms with E-state index in [2.05, 4.69) is 12.6 Å². The second kappa shape index (κ2) is 4.89.